The van der Waals surface area contributed by atoms with Crippen LogP contribution < -0.4 is 0 Å². The van der Waals surface area contributed by atoms with Crippen molar-refractivity contribution in [3.8, 4) is 5.75 Å². The molecule has 0 heterocycles. The molecule has 0 fully saturated rings. The van der Waals surface area contributed by atoms with E-state index < -0.39 is 0 Å². The summed E-state index contributed by atoms with van der Waals surface area (Å²) in [5, 5.41) is 10.8. The van der Waals surface area contributed by atoms with Crippen molar-refractivity contribution < 1.29 is 5.11 Å². The molecule has 2 nitrogen and oxygen atoms in total. The molecule has 0 aromatic heterocycles. The average molecular weight is 338 g/mol. The number of aromatic hydroxyl groups is 1. The quantitative estimate of drug-likeness (QED) is 0.636. The number of phenols is 1. The number of aliphatic imine (C=N–C) groups is 1. The van der Waals surface area contributed by atoms with E-state index in [0.29, 0.717) is 5.75 Å². The van der Waals surface area contributed by atoms with Gasteiger partial charge >= 0.3 is 0 Å². The third-order valence-electron chi connectivity index (χ3n) is 4.59. The van der Waals surface area contributed by atoms with E-state index in [1.165, 1.54) is 5.56 Å². The molecule has 2 aromatic carbocycles. The summed E-state index contributed by atoms with van der Waals surface area (Å²) < 4.78 is 0. The lowest BCUT2D eigenvalue weighted by Crippen LogP contribution is -2.17. The molecule has 0 spiro atoms. The Kier molecular flexibility index (Phi) is 5.13. The van der Waals surface area contributed by atoms with Crippen LogP contribution >= 0.6 is 0 Å². The molecule has 0 aliphatic heterocycles. The molecule has 25 heavy (non-hydrogen) atoms. The number of benzene rings is 2. The topological polar surface area (TPSA) is 32.6 Å². The van der Waals surface area contributed by atoms with E-state index in [1.54, 1.807) is 6.21 Å². The van der Waals surface area contributed by atoms with Crippen molar-refractivity contribution in [3.05, 3.63) is 58.1 Å². The van der Waals surface area contributed by atoms with Crippen LogP contribution in [0.3, 0.4) is 0 Å². The molecule has 2 rings (SSSR count). The molecule has 0 saturated heterocycles. The number of hydrogen-bond acceptors (Lipinski definition) is 2. The minimum Gasteiger partial charge on any atom is -0.507 e. The summed E-state index contributed by atoms with van der Waals surface area (Å²) in [5.41, 5.74) is 6.07. The second kappa shape index (κ2) is 6.67. The molecule has 0 bridgehead atoms. The Morgan fingerprint density at radius 3 is 1.92 bits per heavy atom. The molecule has 0 amide bonds. The standard InChI is InChI=1S/C23H31NO/c1-15-10-9-11-16(2)20(15)24-14-17-12-18(22(3,4)5)13-19(21(17)25)23(6,7)8/h9-14,25H,1-8H3/b24-14+. The number of para-hydroxylation sites is 1. The molecule has 0 atom stereocenters. The van der Waals surface area contributed by atoms with E-state index in [4.69, 9.17) is 4.99 Å². The minimum absolute atomic E-state index is 0.00880. The third kappa shape index (κ3) is 4.31. The van der Waals surface area contributed by atoms with Gasteiger partial charge in [-0.3, -0.25) is 4.99 Å². The lowest BCUT2D eigenvalue weighted by molar-refractivity contribution is 0.444. The number of phenolic OH excluding ortho intramolecular Hbond substituents is 1. The summed E-state index contributed by atoms with van der Waals surface area (Å²) in [6, 6.07) is 10.4. The normalized spacial score (nSPS) is 12.8. The van der Waals surface area contributed by atoms with Crippen LogP contribution in [0.4, 0.5) is 5.69 Å². The Morgan fingerprint density at radius 1 is 0.880 bits per heavy atom. The van der Waals surface area contributed by atoms with Gasteiger partial charge in [-0.05, 0) is 47.4 Å². The van der Waals surface area contributed by atoms with Gasteiger partial charge in [0.2, 0.25) is 0 Å². The summed E-state index contributed by atoms with van der Waals surface area (Å²) in [7, 11) is 0. The van der Waals surface area contributed by atoms with Crippen molar-refractivity contribution in [2.24, 2.45) is 4.99 Å². The van der Waals surface area contributed by atoms with Gasteiger partial charge in [0.1, 0.15) is 5.75 Å². The summed E-state index contributed by atoms with van der Waals surface area (Å²) in [6.45, 7) is 17.1. The van der Waals surface area contributed by atoms with Crippen LogP contribution in [-0.2, 0) is 10.8 Å². The SMILES string of the molecule is Cc1cccc(C)c1/N=C/c1cc(C(C)(C)C)cc(C(C)(C)C)c1O. The maximum absolute atomic E-state index is 10.8. The molecule has 2 aromatic rings. The largest absolute Gasteiger partial charge is 0.507 e. The van der Waals surface area contributed by atoms with E-state index in [-0.39, 0.29) is 10.8 Å². The third-order valence-corrected chi connectivity index (χ3v) is 4.59. The first-order valence-corrected chi connectivity index (χ1v) is 8.89. The van der Waals surface area contributed by atoms with Gasteiger partial charge in [-0.1, -0.05) is 65.8 Å². The second-order valence-electron chi connectivity index (χ2n) is 8.96. The van der Waals surface area contributed by atoms with Crippen LogP contribution in [-0.4, -0.2) is 11.3 Å². The van der Waals surface area contributed by atoms with E-state index in [0.717, 1.165) is 27.9 Å². The minimum atomic E-state index is -0.132. The predicted octanol–water partition coefficient (Wildman–Crippen LogP) is 6.35. The lowest BCUT2D eigenvalue weighted by atomic mass is 9.79. The molecule has 0 aliphatic rings. The van der Waals surface area contributed by atoms with Crippen molar-refractivity contribution in [1.82, 2.24) is 0 Å². The van der Waals surface area contributed by atoms with Gasteiger partial charge in [0.05, 0.1) is 5.69 Å². The fraction of sp³-hybridized carbons (Fsp3) is 0.435. The van der Waals surface area contributed by atoms with Gasteiger partial charge in [-0.15, -0.1) is 0 Å². The zero-order chi connectivity index (χ0) is 19.0. The van der Waals surface area contributed by atoms with Crippen LogP contribution in [0.5, 0.6) is 5.75 Å². The number of nitrogens with zero attached hydrogens (tertiary/aromatic N) is 1. The summed E-state index contributed by atoms with van der Waals surface area (Å²) in [4.78, 5) is 4.70. The Bertz CT molecular complexity index is 782. The highest BCUT2D eigenvalue weighted by Crippen LogP contribution is 2.37. The molecular formula is C23H31NO. The number of rotatable bonds is 2. The number of aryl methyl sites for hydroxylation is 2. The van der Waals surface area contributed by atoms with Crippen molar-refractivity contribution in [2.75, 3.05) is 0 Å². The van der Waals surface area contributed by atoms with Gasteiger partial charge < -0.3 is 5.11 Å². The van der Waals surface area contributed by atoms with E-state index in [2.05, 4.69) is 79.7 Å². The van der Waals surface area contributed by atoms with E-state index in [9.17, 15) is 5.11 Å². The van der Waals surface area contributed by atoms with Crippen LogP contribution in [0.15, 0.2) is 35.3 Å². The van der Waals surface area contributed by atoms with Gasteiger partial charge in [-0.25, -0.2) is 0 Å². The van der Waals surface area contributed by atoms with E-state index in [1.807, 2.05) is 6.07 Å². The predicted molar refractivity (Wildman–Crippen MR) is 109 cm³/mol. The second-order valence-corrected chi connectivity index (χ2v) is 8.96. The summed E-state index contributed by atoms with van der Waals surface area (Å²) in [5.74, 6) is 0.329. The van der Waals surface area contributed by atoms with Gasteiger partial charge in [0.15, 0.2) is 0 Å². The first-order valence-electron chi connectivity index (χ1n) is 8.89. The smallest absolute Gasteiger partial charge is 0.128 e. The van der Waals surface area contributed by atoms with Crippen LogP contribution in [0.1, 0.15) is 69.4 Å². The molecule has 2 heteroatoms. The first-order chi connectivity index (χ1) is 11.4. The Hall–Kier alpha value is -2.09. The average Bonchev–Trinajstić information content (AvgIpc) is 2.45. The highest BCUT2D eigenvalue weighted by Gasteiger charge is 2.24. The fourth-order valence-electron chi connectivity index (χ4n) is 2.90. The molecule has 0 aliphatic carbocycles. The fourth-order valence-corrected chi connectivity index (χ4v) is 2.90. The zero-order valence-electron chi connectivity index (χ0n) is 16.9. The maximum Gasteiger partial charge on any atom is 0.128 e. The molecule has 0 unspecified atom stereocenters. The number of hydrogen-bond donors (Lipinski definition) is 1. The van der Waals surface area contributed by atoms with Crippen LogP contribution in [0.2, 0.25) is 0 Å². The molecule has 0 saturated carbocycles. The van der Waals surface area contributed by atoms with Crippen LogP contribution in [0, 0.1) is 13.8 Å². The van der Waals surface area contributed by atoms with Crippen molar-refractivity contribution >= 4 is 11.9 Å². The highest BCUT2D eigenvalue weighted by atomic mass is 16.3. The molecule has 1 N–H and O–H groups in total. The van der Waals surface area contributed by atoms with Crippen LogP contribution in [0.25, 0.3) is 0 Å². The summed E-state index contributed by atoms with van der Waals surface area (Å²) >= 11 is 0. The van der Waals surface area contributed by atoms with Gasteiger partial charge in [0.25, 0.3) is 0 Å². The van der Waals surface area contributed by atoms with Gasteiger partial charge in [0, 0.05) is 17.3 Å². The maximum atomic E-state index is 10.8. The molecule has 0 radical (unpaired) electrons. The lowest BCUT2D eigenvalue weighted by Gasteiger charge is -2.27. The Labute approximate surface area is 152 Å². The summed E-state index contributed by atoms with van der Waals surface area (Å²) in [6.07, 6.45) is 1.80. The first kappa shape index (κ1) is 19.2. The monoisotopic (exact) mass is 337 g/mol. The zero-order valence-corrected chi connectivity index (χ0v) is 16.9. The molecule has 134 valence electrons. The van der Waals surface area contributed by atoms with Crippen molar-refractivity contribution in [2.45, 2.75) is 66.2 Å². The van der Waals surface area contributed by atoms with Crippen molar-refractivity contribution in [3.63, 3.8) is 0 Å². The van der Waals surface area contributed by atoms with Crippen molar-refractivity contribution in [1.29, 1.82) is 0 Å². The van der Waals surface area contributed by atoms with Gasteiger partial charge in [-0.2, -0.15) is 0 Å². The molecular weight excluding hydrogens is 306 g/mol. The van der Waals surface area contributed by atoms with E-state index >= 15 is 0 Å². The Morgan fingerprint density at radius 2 is 1.44 bits per heavy atom. The highest BCUT2D eigenvalue weighted by molar-refractivity contribution is 5.87. The Balaban J connectivity index is 2.63.